The highest BCUT2D eigenvalue weighted by atomic mass is 32.1. The van der Waals surface area contributed by atoms with Crippen LogP contribution < -0.4 is 13.9 Å². The summed E-state index contributed by atoms with van der Waals surface area (Å²) in [5, 5.41) is 0. The van der Waals surface area contributed by atoms with E-state index in [4.69, 9.17) is 4.74 Å². The van der Waals surface area contributed by atoms with Crippen LogP contribution in [0.5, 0.6) is 5.75 Å². The Bertz CT molecular complexity index is 1190. The van der Waals surface area contributed by atoms with E-state index in [9.17, 15) is 0 Å². The second-order valence-corrected chi connectivity index (χ2v) is 15.5. The molecular weight excluding hydrogens is 569 g/mol. The lowest BCUT2D eigenvalue weighted by Gasteiger charge is -2.26. The Labute approximate surface area is 282 Å². The van der Waals surface area contributed by atoms with Crippen molar-refractivity contribution in [2.45, 2.75) is 149 Å². The van der Waals surface area contributed by atoms with Crippen LogP contribution in [-0.2, 0) is 23.9 Å². The zero-order chi connectivity index (χ0) is 32.5. The number of pyridine rings is 2. The predicted octanol–water partition coefficient (Wildman–Crippen LogP) is 10.6. The van der Waals surface area contributed by atoms with Gasteiger partial charge in [0, 0.05) is 37.1 Å². The van der Waals surface area contributed by atoms with Crippen molar-refractivity contribution < 1.29 is 13.9 Å². The summed E-state index contributed by atoms with van der Waals surface area (Å²) in [5.41, 5.74) is 5.51. The van der Waals surface area contributed by atoms with E-state index < -0.39 is 0 Å². The first-order valence-electron chi connectivity index (χ1n) is 17.9. The van der Waals surface area contributed by atoms with Gasteiger partial charge < -0.3 is 4.74 Å². The van der Waals surface area contributed by atoms with Gasteiger partial charge in [-0.3, -0.25) is 0 Å². The smallest absolute Gasteiger partial charge is 0.169 e. The molecule has 2 heterocycles. The topological polar surface area (TPSA) is 17.0 Å². The molecule has 0 fully saturated rings. The maximum atomic E-state index is 6.25. The molecule has 0 atom stereocenters. The molecule has 248 valence electrons. The summed E-state index contributed by atoms with van der Waals surface area (Å²) in [7, 11) is 0. The third-order valence-electron chi connectivity index (χ3n) is 8.91. The predicted molar refractivity (Wildman–Crippen MR) is 195 cm³/mol. The fourth-order valence-corrected chi connectivity index (χ4v) is 5.95. The fourth-order valence-electron chi connectivity index (χ4n) is 5.73. The number of benzene rings is 1. The van der Waals surface area contributed by atoms with Crippen LogP contribution in [0.4, 0.5) is 0 Å². The van der Waals surface area contributed by atoms with Crippen LogP contribution in [0, 0.1) is 0 Å². The molecular formula is C41H64N2OS+2. The van der Waals surface area contributed by atoms with Crippen LogP contribution in [0.1, 0.15) is 136 Å². The van der Waals surface area contributed by atoms with E-state index in [1.165, 1.54) is 99.3 Å². The first-order valence-corrected chi connectivity index (χ1v) is 18.6. The third-order valence-corrected chi connectivity index (χ3v) is 9.22. The van der Waals surface area contributed by atoms with Crippen molar-refractivity contribution in [1.82, 2.24) is 0 Å². The molecule has 3 nitrogen and oxygen atoms in total. The van der Waals surface area contributed by atoms with Crippen LogP contribution >= 0.6 is 12.6 Å². The van der Waals surface area contributed by atoms with E-state index in [2.05, 4.69) is 131 Å². The average molecular weight is 633 g/mol. The average Bonchev–Trinajstić information content (AvgIpc) is 3.01. The second kappa shape index (κ2) is 19.4. The molecule has 3 rings (SSSR count). The summed E-state index contributed by atoms with van der Waals surface area (Å²) in [6.45, 7) is 16.6. The van der Waals surface area contributed by atoms with E-state index in [-0.39, 0.29) is 10.8 Å². The summed E-state index contributed by atoms with van der Waals surface area (Å²) >= 11 is 4.29. The quantitative estimate of drug-likeness (QED) is 0.0745. The van der Waals surface area contributed by atoms with Gasteiger partial charge in [0.15, 0.2) is 24.8 Å². The minimum Gasteiger partial charge on any atom is -0.494 e. The summed E-state index contributed by atoms with van der Waals surface area (Å²) in [4.78, 5) is 0. The lowest BCUT2D eigenvalue weighted by Crippen LogP contribution is -2.33. The van der Waals surface area contributed by atoms with Crippen LogP contribution in [0.3, 0.4) is 0 Å². The Balaban J connectivity index is 1.30. The van der Waals surface area contributed by atoms with Gasteiger partial charge in [-0.2, -0.15) is 12.6 Å². The maximum absolute atomic E-state index is 6.25. The molecule has 2 aromatic heterocycles. The van der Waals surface area contributed by atoms with Gasteiger partial charge in [-0.15, -0.1) is 0 Å². The highest BCUT2D eigenvalue weighted by Gasteiger charge is 2.21. The zero-order valence-corrected chi connectivity index (χ0v) is 30.5. The molecule has 4 heteroatoms. The van der Waals surface area contributed by atoms with Gasteiger partial charge in [0.25, 0.3) is 0 Å². The number of nitrogens with zero attached hydrogens (tertiary/aromatic N) is 2. The molecule has 45 heavy (non-hydrogen) atoms. The molecule has 0 aliphatic heterocycles. The molecule has 0 spiro atoms. The first-order chi connectivity index (χ1) is 21.6. The zero-order valence-electron chi connectivity index (χ0n) is 29.6. The summed E-state index contributed by atoms with van der Waals surface area (Å²) in [6, 6.07) is 15.9. The Morgan fingerprint density at radius 1 is 0.511 bits per heavy atom. The lowest BCUT2D eigenvalue weighted by atomic mass is 9.80. The Morgan fingerprint density at radius 2 is 0.889 bits per heavy atom. The molecule has 0 saturated heterocycles. The summed E-state index contributed by atoms with van der Waals surface area (Å²) in [5.74, 6) is 2.05. The minimum absolute atomic E-state index is 0.115. The van der Waals surface area contributed by atoms with E-state index in [0.29, 0.717) is 0 Å². The van der Waals surface area contributed by atoms with Crippen LogP contribution in [-0.4, -0.2) is 12.4 Å². The fraction of sp³-hybridized carbons (Fsp3) is 0.610. The van der Waals surface area contributed by atoms with Crippen molar-refractivity contribution in [3.63, 3.8) is 0 Å². The molecule has 0 amide bonds. The molecule has 0 N–H and O–H groups in total. The van der Waals surface area contributed by atoms with Gasteiger partial charge in [-0.25, -0.2) is 9.13 Å². The molecule has 0 saturated carbocycles. The largest absolute Gasteiger partial charge is 0.494 e. The highest BCUT2D eigenvalue weighted by Crippen LogP contribution is 2.33. The number of rotatable bonds is 20. The van der Waals surface area contributed by atoms with Crippen molar-refractivity contribution in [2.24, 2.45) is 0 Å². The Morgan fingerprint density at radius 3 is 1.29 bits per heavy atom. The van der Waals surface area contributed by atoms with Crippen LogP contribution in [0.2, 0.25) is 0 Å². The van der Waals surface area contributed by atoms with Crippen molar-refractivity contribution >= 4 is 12.6 Å². The number of aryl methyl sites for hydroxylation is 2. The molecule has 0 aliphatic rings. The summed E-state index contributed by atoms with van der Waals surface area (Å²) in [6.07, 6.45) is 25.8. The minimum atomic E-state index is 0.115. The first kappa shape index (κ1) is 37.1. The number of aromatic nitrogens is 2. The molecule has 0 bridgehead atoms. The molecule has 0 unspecified atom stereocenters. The van der Waals surface area contributed by atoms with Gasteiger partial charge in [0.05, 0.1) is 6.61 Å². The van der Waals surface area contributed by atoms with Gasteiger partial charge in [-0.1, -0.05) is 86.1 Å². The normalized spacial score (nSPS) is 12.1. The highest BCUT2D eigenvalue weighted by molar-refractivity contribution is 7.80. The number of thiol groups is 1. The SMILES string of the molecule is CC(C)(C)c1cc(OCCCCCC[n+]2ccc(-c3cc[n+](CCCCCCCCCCCS)cc3)cc2)cc(C(C)(C)C)c1. The monoisotopic (exact) mass is 632 g/mol. The molecule has 0 radical (unpaired) electrons. The van der Waals surface area contributed by atoms with Crippen LogP contribution in [0.25, 0.3) is 11.1 Å². The molecule has 1 aromatic carbocycles. The molecule has 0 aliphatic carbocycles. The number of hydrogen-bond donors (Lipinski definition) is 1. The maximum Gasteiger partial charge on any atom is 0.169 e. The number of ether oxygens (including phenoxy) is 1. The van der Waals surface area contributed by atoms with E-state index in [1.54, 1.807) is 0 Å². The van der Waals surface area contributed by atoms with Gasteiger partial charge in [0.2, 0.25) is 0 Å². The molecule has 3 aromatic rings. The number of hydrogen-bond acceptors (Lipinski definition) is 2. The lowest BCUT2D eigenvalue weighted by molar-refractivity contribution is -0.697. The second-order valence-electron chi connectivity index (χ2n) is 15.1. The Hall–Kier alpha value is -2.33. The van der Waals surface area contributed by atoms with Gasteiger partial charge in [-0.05, 0) is 83.1 Å². The van der Waals surface area contributed by atoms with Gasteiger partial charge >= 0.3 is 0 Å². The van der Waals surface area contributed by atoms with E-state index in [1.807, 2.05) is 0 Å². The van der Waals surface area contributed by atoms with E-state index >= 15 is 0 Å². The van der Waals surface area contributed by atoms with Crippen molar-refractivity contribution in [2.75, 3.05) is 12.4 Å². The van der Waals surface area contributed by atoms with Crippen molar-refractivity contribution in [3.05, 3.63) is 78.4 Å². The Kier molecular flexibility index (Phi) is 16.0. The van der Waals surface area contributed by atoms with Gasteiger partial charge in [0.1, 0.15) is 18.8 Å². The number of unbranched alkanes of at least 4 members (excludes halogenated alkanes) is 11. The van der Waals surface area contributed by atoms with Crippen molar-refractivity contribution in [1.29, 1.82) is 0 Å². The van der Waals surface area contributed by atoms with Crippen molar-refractivity contribution in [3.8, 4) is 16.9 Å². The third kappa shape index (κ3) is 14.3. The standard InChI is InChI=1S/C41H63N2OS/c1-40(2,3)37-32-38(41(4,5)6)34-39(33-37)44-30-18-14-13-17-25-43-28-22-36(23-29-43)35-20-26-42(27-21-35)24-16-12-10-8-7-9-11-15-19-31-45/h20-23,26-29,32-34H,7-19,24-25,30-31H2,1-6H3/q+1/p+1. The van der Waals surface area contributed by atoms with E-state index in [0.717, 1.165) is 37.6 Å². The summed E-state index contributed by atoms with van der Waals surface area (Å²) < 4.78 is 10.9. The van der Waals surface area contributed by atoms with Crippen LogP contribution in [0.15, 0.2) is 67.3 Å².